The van der Waals surface area contributed by atoms with Gasteiger partial charge in [-0.15, -0.1) is 5.10 Å². The molecule has 110 valence electrons. The molecule has 0 bridgehead atoms. The molecule has 0 saturated carbocycles. The van der Waals surface area contributed by atoms with Gasteiger partial charge < -0.3 is 10.6 Å². The summed E-state index contributed by atoms with van der Waals surface area (Å²) in [4.78, 5) is 14.2. The maximum Gasteiger partial charge on any atom is 0.244 e. The molecule has 0 spiro atoms. The van der Waals surface area contributed by atoms with Gasteiger partial charge in [0.2, 0.25) is 5.91 Å². The third-order valence-electron chi connectivity index (χ3n) is 4.05. The summed E-state index contributed by atoms with van der Waals surface area (Å²) in [6.45, 7) is 0.530. The Kier molecular flexibility index (Phi) is 3.70. The molecule has 0 saturated heterocycles. The number of likely N-dealkylation sites (N-methyl/N-ethyl adjacent to an activating group) is 1. The first-order valence-corrected chi connectivity index (χ1v) is 7.11. The number of carbonyl (C=O) groups excluding carboxylic acids is 1. The van der Waals surface area contributed by atoms with Gasteiger partial charge in [0.1, 0.15) is 6.54 Å². The Hall–Kier alpha value is -2.21. The monoisotopic (exact) mass is 285 g/mol. The molecule has 0 fully saturated rings. The molecule has 1 amide bonds. The fourth-order valence-electron chi connectivity index (χ4n) is 2.87. The summed E-state index contributed by atoms with van der Waals surface area (Å²) in [5, 5.41) is 7.82. The van der Waals surface area contributed by atoms with Crippen LogP contribution in [0.25, 0.3) is 0 Å². The van der Waals surface area contributed by atoms with Gasteiger partial charge in [-0.1, -0.05) is 29.5 Å². The summed E-state index contributed by atoms with van der Waals surface area (Å²) in [6, 6.07) is 8.48. The predicted octanol–water partition coefficient (Wildman–Crippen LogP) is 0.883. The Bertz CT molecular complexity index is 651. The molecule has 3 rings (SSSR count). The minimum atomic E-state index is 0.0326. The molecule has 6 nitrogen and oxygen atoms in total. The first kappa shape index (κ1) is 13.8. The van der Waals surface area contributed by atoms with E-state index in [1.165, 1.54) is 11.1 Å². The Morgan fingerprint density at radius 1 is 1.48 bits per heavy atom. The third kappa shape index (κ3) is 2.67. The molecule has 1 unspecified atom stereocenters. The van der Waals surface area contributed by atoms with Gasteiger partial charge in [-0.05, 0) is 24.0 Å². The fraction of sp³-hybridized carbons (Fsp3) is 0.400. The molecule has 1 aliphatic carbocycles. The summed E-state index contributed by atoms with van der Waals surface area (Å²) in [5.74, 6) is 0.0326. The minimum absolute atomic E-state index is 0.0326. The van der Waals surface area contributed by atoms with Crippen LogP contribution in [0.2, 0.25) is 0 Å². The smallest absolute Gasteiger partial charge is 0.244 e. The molecule has 1 aromatic carbocycles. The first-order chi connectivity index (χ1) is 10.2. The van der Waals surface area contributed by atoms with Crippen molar-refractivity contribution >= 4 is 5.91 Å². The second kappa shape index (κ2) is 5.65. The van der Waals surface area contributed by atoms with E-state index in [1.807, 2.05) is 24.1 Å². The second-order valence-electron chi connectivity index (χ2n) is 5.37. The van der Waals surface area contributed by atoms with Gasteiger partial charge >= 0.3 is 0 Å². The number of benzene rings is 1. The number of rotatable bonds is 4. The van der Waals surface area contributed by atoms with Gasteiger partial charge in [0, 0.05) is 13.6 Å². The highest BCUT2D eigenvalue weighted by molar-refractivity contribution is 5.76. The number of nitrogens with two attached hydrogens (primary N) is 1. The summed E-state index contributed by atoms with van der Waals surface area (Å²) in [6.07, 6.45) is 3.72. The van der Waals surface area contributed by atoms with E-state index in [-0.39, 0.29) is 18.5 Å². The number of aromatic nitrogens is 3. The highest BCUT2D eigenvalue weighted by Gasteiger charge is 2.28. The number of amides is 1. The number of nitrogens with zero attached hydrogens (tertiary/aromatic N) is 4. The van der Waals surface area contributed by atoms with Crippen LogP contribution in [-0.2, 0) is 24.3 Å². The van der Waals surface area contributed by atoms with Crippen molar-refractivity contribution in [1.29, 1.82) is 0 Å². The van der Waals surface area contributed by atoms with Crippen molar-refractivity contribution in [3.8, 4) is 0 Å². The van der Waals surface area contributed by atoms with E-state index < -0.39 is 0 Å². The maximum absolute atomic E-state index is 12.4. The summed E-state index contributed by atoms with van der Waals surface area (Å²) < 4.78 is 1.54. The lowest BCUT2D eigenvalue weighted by atomic mass is 10.1. The van der Waals surface area contributed by atoms with Crippen molar-refractivity contribution in [2.45, 2.75) is 32.0 Å². The van der Waals surface area contributed by atoms with E-state index in [9.17, 15) is 4.79 Å². The molecule has 1 heterocycles. The molecular weight excluding hydrogens is 266 g/mol. The largest absolute Gasteiger partial charge is 0.337 e. The van der Waals surface area contributed by atoms with Crippen molar-refractivity contribution in [2.24, 2.45) is 5.73 Å². The normalized spacial score (nSPS) is 16.8. The van der Waals surface area contributed by atoms with Gasteiger partial charge in [0.05, 0.1) is 17.9 Å². The Morgan fingerprint density at radius 3 is 3.05 bits per heavy atom. The number of hydrogen-bond donors (Lipinski definition) is 1. The lowest BCUT2D eigenvalue weighted by Crippen LogP contribution is -2.33. The Balaban J connectivity index is 1.71. The van der Waals surface area contributed by atoms with E-state index in [1.54, 1.807) is 10.9 Å². The van der Waals surface area contributed by atoms with Crippen LogP contribution in [0.1, 0.15) is 29.3 Å². The molecule has 1 aliphatic rings. The molecular formula is C15H19N5O. The molecule has 0 aliphatic heterocycles. The Morgan fingerprint density at radius 2 is 2.29 bits per heavy atom. The average Bonchev–Trinajstić information content (AvgIpc) is 3.12. The lowest BCUT2D eigenvalue weighted by Gasteiger charge is -2.25. The molecule has 2 N–H and O–H groups in total. The van der Waals surface area contributed by atoms with E-state index in [2.05, 4.69) is 22.4 Å². The zero-order chi connectivity index (χ0) is 14.8. The SMILES string of the molecule is CN(C(=O)Cn1cc(CN)nn1)C1CCc2ccccc21. The highest BCUT2D eigenvalue weighted by Crippen LogP contribution is 2.34. The molecule has 2 aromatic rings. The number of carbonyl (C=O) groups is 1. The van der Waals surface area contributed by atoms with Crippen LogP contribution in [0.15, 0.2) is 30.5 Å². The third-order valence-corrected chi connectivity index (χ3v) is 4.05. The summed E-state index contributed by atoms with van der Waals surface area (Å²) in [5.41, 5.74) is 8.79. The zero-order valence-corrected chi connectivity index (χ0v) is 12.1. The van der Waals surface area contributed by atoms with Crippen molar-refractivity contribution < 1.29 is 4.79 Å². The van der Waals surface area contributed by atoms with Crippen LogP contribution >= 0.6 is 0 Å². The van der Waals surface area contributed by atoms with Gasteiger partial charge in [-0.2, -0.15) is 0 Å². The van der Waals surface area contributed by atoms with Crippen molar-refractivity contribution in [3.63, 3.8) is 0 Å². The van der Waals surface area contributed by atoms with Crippen LogP contribution in [0.3, 0.4) is 0 Å². The Labute approximate surface area is 123 Å². The molecule has 21 heavy (non-hydrogen) atoms. The predicted molar refractivity (Wildman–Crippen MR) is 78.2 cm³/mol. The van der Waals surface area contributed by atoms with E-state index >= 15 is 0 Å². The van der Waals surface area contributed by atoms with Gasteiger partial charge in [-0.3, -0.25) is 4.79 Å². The van der Waals surface area contributed by atoms with Gasteiger partial charge in [-0.25, -0.2) is 4.68 Å². The fourth-order valence-corrected chi connectivity index (χ4v) is 2.87. The quantitative estimate of drug-likeness (QED) is 0.904. The summed E-state index contributed by atoms with van der Waals surface area (Å²) in [7, 11) is 1.86. The highest BCUT2D eigenvalue weighted by atomic mass is 16.2. The molecule has 6 heteroatoms. The van der Waals surface area contributed by atoms with E-state index in [0.29, 0.717) is 12.2 Å². The van der Waals surface area contributed by atoms with Crippen LogP contribution < -0.4 is 5.73 Å². The van der Waals surface area contributed by atoms with Crippen LogP contribution in [0.4, 0.5) is 0 Å². The van der Waals surface area contributed by atoms with Crippen molar-refractivity contribution in [3.05, 3.63) is 47.3 Å². The van der Waals surface area contributed by atoms with Crippen LogP contribution in [0.5, 0.6) is 0 Å². The van der Waals surface area contributed by atoms with E-state index in [4.69, 9.17) is 5.73 Å². The average molecular weight is 285 g/mol. The van der Waals surface area contributed by atoms with Crippen LogP contribution in [-0.4, -0.2) is 32.8 Å². The second-order valence-corrected chi connectivity index (χ2v) is 5.37. The molecule has 1 aromatic heterocycles. The summed E-state index contributed by atoms with van der Waals surface area (Å²) >= 11 is 0. The van der Waals surface area contributed by atoms with Gasteiger partial charge in [0.25, 0.3) is 0 Å². The zero-order valence-electron chi connectivity index (χ0n) is 12.1. The van der Waals surface area contributed by atoms with Crippen LogP contribution in [0, 0.1) is 0 Å². The first-order valence-electron chi connectivity index (χ1n) is 7.11. The van der Waals surface area contributed by atoms with E-state index in [0.717, 1.165) is 12.8 Å². The number of hydrogen-bond acceptors (Lipinski definition) is 4. The van der Waals surface area contributed by atoms with Crippen molar-refractivity contribution in [1.82, 2.24) is 19.9 Å². The topological polar surface area (TPSA) is 77.0 Å². The minimum Gasteiger partial charge on any atom is -0.337 e. The van der Waals surface area contributed by atoms with Crippen molar-refractivity contribution in [2.75, 3.05) is 7.05 Å². The maximum atomic E-state index is 12.4. The lowest BCUT2D eigenvalue weighted by molar-refractivity contribution is -0.133. The molecule has 1 atom stereocenters. The standard InChI is InChI=1S/C15H19N5O/c1-19(14-7-6-11-4-2-3-5-13(11)14)15(21)10-20-9-12(8-16)17-18-20/h2-5,9,14H,6-8,10,16H2,1H3. The number of aryl methyl sites for hydroxylation is 1. The molecule has 0 radical (unpaired) electrons. The number of fused-ring (bicyclic) bond motifs is 1. The van der Waals surface area contributed by atoms with Gasteiger partial charge in [0.15, 0.2) is 0 Å².